The number of hydrogen-bond acceptors (Lipinski definition) is 4. The Hall–Kier alpha value is -1.02. The summed E-state index contributed by atoms with van der Waals surface area (Å²) in [6, 6.07) is 5.66. The molecule has 22 heavy (non-hydrogen) atoms. The Balaban J connectivity index is 2.16. The molecule has 0 aliphatic carbocycles. The minimum absolute atomic E-state index is 0.222. The standard InChI is InChI=1S/C15H22FNO4S/c1-15(2)11-17(8-14(21-15)9-20-3)22(18,19)10-12-5-4-6-13(16)7-12/h4-7,14H,8-11H2,1-3H3/t14-/m0/s1. The predicted molar refractivity (Wildman–Crippen MR) is 81.4 cm³/mol. The van der Waals surface area contributed by atoms with Crippen molar-refractivity contribution in [1.29, 1.82) is 0 Å². The monoisotopic (exact) mass is 331 g/mol. The van der Waals surface area contributed by atoms with Gasteiger partial charge in [0.15, 0.2) is 0 Å². The van der Waals surface area contributed by atoms with Crippen LogP contribution in [0.1, 0.15) is 19.4 Å². The second kappa shape index (κ2) is 6.62. The molecule has 1 aliphatic heterocycles. The zero-order valence-corrected chi connectivity index (χ0v) is 13.9. The number of nitrogens with zero attached hydrogens (tertiary/aromatic N) is 1. The molecule has 2 rings (SSSR count). The van der Waals surface area contributed by atoms with E-state index in [0.29, 0.717) is 12.2 Å². The molecule has 1 atom stereocenters. The Bertz CT molecular complexity index is 618. The van der Waals surface area contributed by atoms with Crippen LogP contribution in [0.4, 0.5) is 4.39 Å². The van der Waals surface area contributed by atoms with Crippen LogP contribution in [0.5, 0.6) is 0 Å². The van der Waals surface area contributed by atoms with E-state index in [0.717, 1.165) is 0 Å². The lowest BCUT2D eigenvalue weighted by Crippen LogP contribution is -2.55. The topological polar surface area (TPSA) is 55.8 Å². The average Bonchev–Trinajstić information content (AvgIpc) is 2.36. The van der Waals surface area contributed by atoms with Gasteiger partial charge >= 0.3 is 0 Å². The Kier molecular flexibility index (Phi) is 5.21. The molecule has 1 aliphatic rings. The second-order valence-corrected chi connectivity index (χ2v) is 8.10. The van der Waals surface area contributed by atoms with Crippen LogP contribution >= 0.6 is 0 Å². The van der Waals surface area contributed by atoms with Crippen LogP contribution in [0.3, 0.4) is 0 Å². The van der Waals surface area contributed by atoms with Gasteiger partial charge in [0.2, 0.25) is 10.0 Å². The lowest BCUT2D eigenvalue weighted by Gasteiger charge is -2.41. The van der Waals surface area contributed by atoms with Crippen LogP contribution in [-0.4, -0.2) is 51.2 Å². The molecule has 0 saturated carbocycles. The van der Waals surface area contributed by atoms with Gasteiger partial charge in [-0.15, -0.1) is 0 Å². The SMILES string of the molecule is COC[C@@H]1CN(S(=O)(=O)Cc2cccc(F)c2)CC(C)(C)O1. The van der Waals surface area contributed by atoms with Crippen LogP contribution in [0.15, 0.2) is 24.3 Å². The third-order valence-electron chi connectivity index (χ3n) is 3.43. The molecular formula is C15H22FNO4S. The van der Waals surface area contributed by atoms with Gasteiger partial charge < -0.3 is 9.47 Å². The van der Waals surface area contributed by atoms with Crippen LogP contribution < -0.4 is 0 Å². The van der Waals surface area contributed by atoms with Crippen molar-refractivity contribution in [3.8, 4) is 0 Å². The summed E-state index contributed by atoms with van der Waals surface area (Å²) in [7, 11) is -1.99. The van der Waals surface area contributed by atoms with E-state index in [1.165, 1.54) is 22.5 Å². The van der Waals surface area contributed by atoms with Crippen molar-refractivity contribution in [3.63, 3.8) is 0 Å². The second-order valence-electron chi connectivity index (χ2n) is 6.13. The van der Waals surface area contributed by atoms with E-state index in [-0.39, 0.29) is 24.9 Å². The number of hydrogen-bond donors (Lipinski definition) is 0. The summed E-state index contributed by atoms with van der Waals surface area (Å²) >= 11 is 0. The summed E-state index contributed by atoms with van der Waals surface area (Å²) in [6.07, 6.45) is -0.309. The average molecular weight is 331 g/mol. The fraction of sp³-hybridized carbons (Fsp3) is 0.600. The third-order valence-corrected chi connectivity index (χ3v) is 5.20. The molecule has 0 unspecified atom stereocenters. The molecule has 1 heterocycles. The van der Waals surface area contributed by atoms with Gasteiger partial charge in [0, 0.05) is 20.2 Å². The minimum Gasteiger partial charge on any atom is -0.382 e. The van der Waals surface area contributed by atoms with E-state index < -0.39 is 21.4 Å². The summed E-state index contributed by atoms with van der Waals surface area (Å²) in [6.45, 7) is 4.54. The first kappa shape index (κ1) is 17.3. The molecule has 0 spiro atoms. The highest BCUT2D eigenvalue weighted by molar-refractivity contribution is 7.88. The summed E-state index contributed by atoms with van der Waals surface area (Å²) in [5.41, 5.74) is -0.149. The molecule has 0 aromatic heterocycles. The largest absolute Gasteiger partial charge is 0.382 e. The van der Waals surface area contributed by atoms with Crippen LogP contribution in [0.25, 0.3) is 0 Å². The number of sulfonamides is 1. The quantitative estimate of drug-likeness (QED) is 0.825. The molecule has 5 nitrogen and oxygen atoms in total. The zero-order chi connectivity index (χ0) is 16.4. The van der Waals surface area contributed by atoms with Crippen molar-refractivity contribution in [3.05, 3.63) is 35.6 Å². The van der Waals surface area contributed by atoms with Gasteiger partial charge in [-0.2, -0.15) is 4.31 Å². The molecule has 0 N–H and O–H groups in total. The van der Waals surface area contributed by atoms with Crippen molar-refractivity contribution in [2.75, 3.05) is 26.8 Å². The molecule has 124 valence electrons. The van der Waals surface area contributed by atoms with E-state index in [9.17, 15) is 12.8 Å². The first-order valence-electron chi connectivity index (χ1n) is 7.11. The highest BCUT2D eigenvalue weighted by Crippen LogP contribution is 2.25. The molecule has 1 fully saturated rings. The summed E-state index contributed by atoms with van der Waals surface area (Å²) in [4.78, 5) is 0. The zero-order valence-electron chi connectivity index (χ0n) is 13.1. The van der Waals surface area contributed by atoms with Crippen LogP contribution in [0.2, 0.25) is 0 Å². The molecule has 0 bridgehead atoms. The Labute approximate surface area is 131 Å². The van der Waals surface area contributed by atoms with Gasteiger partial charge in [-0.3, -0.25) is 0 Å². The normalized spacial score (nSPS) is 22.6. The van der Waals surface area contributed by atoms with Crippen molar-refractivity contribution < 1.29 is 22.3 Å². The van der Waals surface area contributed by atoms with E-state index in [4.69, 9.17) is 9.47 Å². The lowest BCUT2D eigenvalue weighted by atomic mass is 10.1. The van der Waals surface area contributed by atoms with Crippen molar-refractivity contribution in [2.45, 2.75) is 31.3 Å². The molecule has 1 aromatic carbocycles. The molecule has 7 heteroatoms. The maximum Gasteiger partial charge on any atom is 0.218 e. The summed E-state index contributed by atoms with van der Waals surface area (Å²) in [5.74, 6) is -0.659. The Morgan fingerprint density at radius 1 is 1.45 bits per heavy atom. The van der Waals surface area contributed by atoms with Crippen LogP contribution in [0, 0.1) is 5.82 Å². The summed E-state index contributed by atoms with van der Waals surface area (Å²) < 4.78 is 50.7. The minimum atomic E-state index is -3.54. The number of rotatable bonds is 5. The van der Waals surface area contributed by atoms with E-state index in [2.05, 4.69) is 0 Å². The summed E-state index contributed by atoms with van der Waals surface area (Å²) in [5, 5.41) is 0. The fourth-order valence-electron chi connectivity index (χ4n) is 2.66. The van der Waals surface area contributed by atoms with E-state index in [1.807, 2.05) is 13.8 Å². The van der Waals surface area contributed by atoms with Crippen molar-refractivity contribution in [2.24, 2.45) is 0 Å². The van der Waals surface area contributed by atoms with Gasteiger partial charge in [-0.05, 0) is 31.5 Å². The van der Waals surface area contributed by atoms with Gasteiger partial charge in [0.05, 0.1) is 24.1 Å². The van der Waals surface area contributed by atoms with E-state index in [1.54, 1.807) is 13.2 Å². The van der Waals surface area contributed by atoms with Gasteiger partial charge in [-0.25, -0.2) is 12.8 Å². The lowest BCUT2D eigenvalue weighted by molar-refractivity contribution is -0.135. The number of ether oxygens (including phenoxy) is 2. The molecule has 0 radical (unpaired) electrons. The highest BCUT2D eigenvalue weighted by atomic mass is 32.2. The molecule has 1 aromatic rings. The van der Waals surface area contributed by atoms with Gasteiger partial charge in [-0.1, -0.05) is 12.1 Å². The Morgan fingerprint density at radius 3 is 2.82 bits per heavy atom. The highest BCUT2D eigenvalue weighted by Gasteiger charge is 2.38. The molecular weight excluding hydrogens is 309 g/mol. The maximum absolute atomic E-state index is 13.2. The first-order chi connectivity index (χ1) is 10.2. The number of morpholine rings is 1. The maximum atomic E-state index is 13.2. The van der Waals surface area contributed by atoms with Gasteiger partial charge in [0.25, 0.3) is 0 Å². The van der Waals surface area contributed by atoms with Gasteiger partial charge in [0.1, 0.15) is 5.82 Å². The van der Waals surface area contributed by atoms with Crippen molar-refractivity contribution in [1.82, 2.24) is 4.31 Å². The Morgan fingerprint density at radius 2 is 2.18 bits per heavy atom. The third kappa shape index (κ3) is 4.49. The molecule has 1 saturated heterocycles. The number of methoxy groups -OCH3 is 1. The molecule has 0 amide bonds. The predicted octanol–water partition coefficient (Wildman–Crippen LogP) is 1.78. The number of benzene rings is 1. The number of halogens is 1. The van der Waals surface area contributed by atoms with Crippen LogP contribution in [-0.2, 0) is 25.2 Å². The smallest absolute Gasteiger partial charge is 0.218 e. The first-order valence-corrected chi connectivity index (χ1v) is 8.72. The van der Waals surface area contributed by atoms with Crippen molar-refractivity contribution >= 4 is 10.0 Å². The fourth-order valence-corrected chi connectivity index (χ4v) is 4.34. The van der Waals surface area contributed by atoms with E-state index >= 15 is 0 Å².